The molecule has 2 aromatic carbocycles. The normalized spacial score (nSPS) is 16.4. The van der Waals surface area contributed by atoms with Crippen LogP contribution in [-0.4, -0.2) is 48.9 Å². The van der Waals surface area contributed by atoms with Crippen LogP contribution in [0.2, 0.25) is 0 Å². The van der Waals surface area contributed by atoms with Gasteiger partial charge in [0.25, 0.3) is 5.91 Å². The van der Waals surface area contributed by atoms with Gasteiger partial charge in [0.2, 0.25) is 11.8 Å². The Morgan fingerprint density at radius 3 is 2.74 bits per heavy atom. The number of nitrogens with zero attached hydrogens (tertiary/aromatic N) is 1. The summed E-state index contributed by atoms with van der Waals surface area (Å²) in [5, 5.41) is 5.62. The second-order valence-electron chi connectivity index (χ2n) is 7.47. The molecule has 1 aliphatic rings. The van der Waals surface area contributed by atoms with Crippen LogP contribution in [0.4, 0.5) is 5.69 Å². The lowest BCUT2D eigenvalue weighted by atomic mass is 10.1. The summed E-state index contributed by atoms with van der Waals surface area (Å²) in [6.07, 6.45) is 2.09. The van der Waals surface area contributed by atoms with Gasteiger partial charge < -0.3 is 26.0 Å². The largest absolute Gasteiger partial charge is 0.497 e. The molecule has 0 saturated carbocycles. The lowest BCUT2D eigenvalue weighted by molar-refractivity contribution is -0.135. The first-order chi connectivity index (χ1) is 15.0. The summed E-state index contributed by atoms with van der Waals surface area (Å²) < 4.78 is 5.15. The summed E-state index contributed by atoms with van der Waals surface area (Å²) >= 11 is 0. The average Bonchev–Trinajstić information content (AvgIpc) is 2.95. The van der Waals surface area contributed by atoms with Crippen LogP contribution in [0, 0.1) is 0 Å². The zero-order valence-electron chi connectivity index (χ0n) is 17.6. The van der Waals surface area contributed by atoms with E-state index in [-0.39, 0.29) is 24.3 Å². The van der Waals surface area contributed by atoms with Crippen LogP contribution in [0.25, 0.3) is 0 Å². The first-order valence-corrected chi connectivity index (χ1v) is 10.3. The Kier molecular flexibility index (Phi) is 7.61. The molecule has 3 amide bonds. The highest BCUT2D eigenvalue weighted by atomic mass is 16.5. The van der Waals surface area contributed by atoms with Crippen molar-refractivity contribution in [3.05, 3.63) is 59.7 Å². The number of nitrogens with one attached hydrogen (secondary N) is 2. The first kappa shape index (κ1) is 22.3. The standard InChI is InChI=1S/C23H28N4O4/c1-31-19-9-5-7-17(13-19)22(29)26-20-10-2-3-11-27(23(20)30)15-21(28)25-18-8-4-6-16(12-18)14-24/h4-9,12-13,20H,2-3,10-11,14-15,24H2,1H3,(H,25,28)(H,26,29). The molecule has 3 rings (SSSR count). The lowest BCUT2D eigenvalue weighted by Crippen LogP contribution is -2.49. The van der Waals surface area contributed by atoms with Crippen LogP contribution in [-0.2, 0) is 16.1 Å². The van der Waals surface area contributed by atoms with Crippen molar-refractivity contribution in [1.82, 2.24) is 10.2 Å². The number of amides is 3. The average molecular weight is 425 g/mol. The Bertz CT molecular complexity index is 947. The van der Waals surface area contributed by atoms with Crippen LogP contribution in [0.1, 0.15) is 35.2 Å². The van der Waals surface area contributed by atoms with E-state index in [2.05, 4.69) is 10.6 Å². The smallest absolute Gasteiger partial charge is 0.252 e. The fourth-order valence-corrected chi connectivity index (χ4v) is 3.55. The van der Waals surface area contributed by atoms with Crippen molar-refractivity contribution in [1.29, 1.82) is 0 Å². The van der Waals surface area contributed by atoms with Crippen LogP contribution in [0.15, 0.2) is 48.5 Å². The minimum Gasteiger partial charge on any atom is -0.497 e. The van der Waals surface area contributed by atoms with Gasteiger partial charge in [-0.3, -0.25) is 14.4 Å². The molecule has 1 saturated heterocycles. The zero-order chi connectivity index (χ0) is 22.2. The zero-order valence-corrected chi connectivity index (χ0v) is 17.6. The molecule has 0 aliphatic carbocycles. The number of methoxy groups -OCH3 is 1. The number of rotatable bonds is 7. The number of nitrogens with two attached hydrogens (primary N) is 1. The van der Waals surface area contributed by atoms with Gasteiger partial charge in [-0.15, -0.1) is 0 Å². The molecule has 31 heavy (non-hydrogen) atoms. The summed E-state index contributed by atoms with van der Waals surface area (Å²) in [6.45, 7) is 0.779. The Balaban J connectivity index is 1.63. The van der Waals surface area contributed by atoms with Gasteiger partial charge >= 0.3 is 0 Å². The van der Waals surface area contributed by atoms with Crippen molar-refractivity contribution < 1.29 is 19.1 Å². The van der Waals surface area contributed by atoms with Gasteiger partial charge in [-0.2, -0.15) is 0 Å². The van der Waals surface area contributed by atoms with Gasteiger partial charge in [0.15, 0.2) is 0 Å². The number of carbonyl (C=O) groups excluding carboxylic acids is 3. The van der Waals surface area contributed by atoms with Crippen molar-refractivity contribution in [3.8, 4) is 5.75 Å². The minimum atomic E-state index is -0.672. The SMILES string of the molecule is COc1cccc(C(=O)NC2CCCCN(CC(=O)Nc3cccc(CN)c3)C2=O)c1. The van der Waals surface area contributed by atoms with E-state index in [9.17, 15) is 14.4 Å². The maximum Gasteiger partial charge on any atom is 0.252 e. The molecule has 0 radical (unpaired) electrons. The van der Waals surface area contributed by atoms with Crippen molar-refractivity contribution >= 4 is 23.4 Å². The Hall–Kier alpha value is -3.39. The van der Waals surface area contributed by atoms with E-state index < -0.39 is 6.04 Å². The molecule has 0 aromatic heterocycles. The minimum absolute atomic E-state index is 0.0722. The molecular formula is C23H28N4O4. The summed E-state index contributed by atoms with van der Waals surface area (Å²) in [7, 11) is 1.53. The van der Waals surface area contributed by atoms with Gasteiger partial charge in [-0.25, -0.2) is 0 Å². The van der Waals surface area contributed by atoms with Crippen LogP contribution >= 0.6 is 0 Å². The highest BCUT2D eigenvalue weighted by molar-refractivity contribution is 5.99. The van der Waals surface area contributed by atoms with E-state index in [1.165, 1.54) is 12.0 Å². The number of hydrogen-bond acceptors (Lipinski definition) is 5. The molecule has 1 aliphatic heterocycles. The number of anilines is 1. The van der Waals surface area contributed by atoms with E-state index in [0.29, 0.717) is 36.5 Å². The lowest BCUT2D eigenvalue weighted by Gasteiger charge is -2.24. The molecule has 2 aromatic rings. The molecule has 8 nitrogen and oxygen atoms in total. The number of carbonyl (C=O) groups is 3. The highest BCUT2D eigenvalue weighted by Crippen LogP contribution is 2.16. The van der Waals surface area contributed by atoms with Crippen molar-refractivity contribution in [2.24, 2.45) is 5.73 Å². The van der Waals surface area contributed by atoms with Crippen molar-refractivity contribution in [2.45, 2.75) is 31.8 Å². The van der Waals surface area contributed by atoms with Crippen molar-refractivity contribution in [2.75, 3.05) is 25.5 Å². The molecule has 164 valence electrons. The van der Waals surface area contributed by atoms with E-state index in [1.807, 2.05) is 12.1 Å². The molecule has 1 heterocycles. The molecule has 0 spiro atoms. The third kappa shape index (κ3) is 6.05. The molecule has 1 atom stereocenters. The molecule has 1 fully saturated rings. The number of hydrogen-bond donors (Lipinski definition) is 3. The summed E-state index contributed by atoms with van der Waals surface area (Å²) in [5.74, 6) is -0.319. The molecular weight excluding hydrogens is 396 g/mol. The predicted octanol–water partition coefficient (Wildman–Crippen LogP) is 1.90. The van der Waals surface area contributed by atoms with Crippen LogP contribution < -0.4 is 21.1 Å². The summed E-state index contributed by atoms with van der Waals surface area (Å²) in [6, 6.07) is 13.4. The predicted molar refractivity (Wildman–Crippen MR) is 118 cm³/mol. The second kappa shape index (κ2) is 10.6. The maximum atomic E-state index is 13.0. The van der Waals surface area contributed by atoms with Gasteiger partial charge in [0.05, 0.1) is 13.7 Å². The van der Waals surface area contributed by atoms with Gasteiger partial charge in [-0.05, 0) is 55.2 Å². The quantitative estimate of drug-likeness (QED) is 0.628. The second-order valence-corrected chi connectivity index (χ2v) is 7.47. The summed E-state index contributed by atoms with van der Waals surface area (Å²) in [4.78, 5) is 39.7. The number of ether oxygens (including phenoxy) is 1. The van der Waals surface area contributed by atoms with Crippen LogP contribution in [0.3, 0.4) is 0 Å². The van der Waals surface area contributed by atoms with Crippen LogP contribution in [0.5, 0.6) is 5.75 Å². The Morgan fingerprint density at radius 1 is 1.16 bits per heavy atom. The van der Waals surface area contributed by atoms with Gasteiger partial charge in [0.1, 0.15) is 11.8 Å². The van der Waals surface area contributed by atoms with E-state index in [4.69, 9.17) is 10.5 Å². The topological polar surface area (TPSA) is 114 Å². The van der Waals surface area contributed by atoms with E-state index in [0.717, 1.165) is 18.4 Å². The fourth-order valence-electron chi connectivity index (χ4n) is 3.55. The third-order valence-electron chi connectivity index (χ3n) is 5.20. The molecule has 0 bridgehead atoms. The van der Waals surface area contributed by atoms with E-state index >= 15 is 0 Å². The molecule has 4 N–H and O–H groups in total. The Morgan fingerprint density at radius 2 is 1.97 bits per heavy atom. The van der Waals surface area contributed by atoms with Gasteiger partial charge in [0, 0.05) is 24.3 Å². The molecule has 1 unspecified atom stereocenters. The Labute approximate surface area is 181 Å². The molecule has 8 heteroatoms. The highest BCUT2D eigenvalue weighted by Gasteiger charge is 2.29. The first-order valence-electron chi connectivity index (χ1n) is 10.3. The maximum absolute atomic E-state index is 13.0. The number of likely N-dealkylation sites (tertiary alicyclic amines) is 1. The summed E-state index contributed by atoms with van der Waals surface area (Å²) in [5.41, 5.74) is 7.60. The van der Waals surface area contributed by atoms with Gasteiger partial charge in [-0.1, -0.05) is 18.2 Å². The van der Waals surface area contributed by atoms with E-state index in [1.54, 1.807) is 36.4 Å². The monoisotopic (exact) mass is 424 g/mol. The fraction of sp³-hybridized carbons (Fsp3) is 0.348. The third-order valence-corrected chi connectivity index (χ3v) is 5.20. The van der Waals surface area contributed by atoms with Crippen molar-refractivity contribution in [3.63, 3.8) is 0 Å². The number of benzene rings is 2.